The van der Waals surface area contributed by atoms with Crippen LogP contribution >= 0.6 is 0 Å². The second-order valence-electron chi connectivity index (χ2n) is 28.9. The van der Waals surface area contributed by atoms with Crippen molar-refractivity contribution in [3.05, 3.63) is 348 Å². The maximum atomic E-state index is 2.64. The SMILES string of the molecule is CC1(C)c2ccccc2-c2ccc(N(c3ccc4ccc5ccccc5c4c3)c3cc4c(c5ccccc35)-c3ccccc3C4(C)C3(C)c4ccccc4-c4c3cc(N(c3ccc5c(c3)C(C)(C)c3ccccc3-5)c3ccc5ccc6ccccc6c5c3)c3ccccc43)cc21. The summed E-state index contributed by atoms with van der Waals surface area (Å²) in [5, 5.41) is 14.8. The maximum Gasteiger partial charge on any atom is 0.0543 e. The van der Waals surface area contributed by atoms with Gasteiger partial charge in [-0.15, -0.1) is 0 Å². The number of anilines is 6. The highest BCUT2D eigenvalue weighted by Crippen LogP contribution is 2.68. The molecule has 4 aliphatic rings. The Bertz CT molecular complexity index is 5730. The van der Waals surface area contributed by atoms with E-state index >= 15 is 0 Å². The molecule has 16 aromatic carbocycles. The highest BCUT2D eigenvalue weighted by molar-refractivity contribution is 6.16. The Labute approximate surface area is 560 Å². The van der Waals surface area contributed by atoms with E-state index in [0.29, 0.717) is 0 Å². The molecule has 96 heavy (non-hydrogen) atoms. The van der Waals surface area contributed by atoms with E-state index < -0.39 is 10.8 Å². The van der Waals surface area contributed by atoms with Gasteiger partial charge in [0.05, 0.1) is 11.4 Å². The molecule has 20 rings (SSSR count). The normalized spacial score (nSPS) is 17.1. The summed E-state index contributed by atoms with van der Waals surface area (Å²) in [5.41, 5.74) is 26.3. The molecule has 0 aromatic heterocycles. The third kappa shape index (κ3) is 7.26. The van der Waals surface area contributed by atoms with Crippen LogP contribution in [-0.2, 0) is 21.7 Å². The van der Waals surface area contributed by atoms with E-state index in [9.17, 15) is 0 Å². The van der Waals surface area contributed by atoms with Crippen LogP contribution in [0.5, 0.6) is 0 Å². The van der Waals surface area contributed by atoms with E-state index in [1.165, 1.54) is 154 Å². The fourth-order valence-corrected chi connectivity index (χ4v) is 18.9. The van der Waals surface area contributed by atoms with Crippen molar-refractivity contribution in [2.24, 2.45) is 0 Å². The summed E-state index contributed by atoms with van der Waals surface area (Å²) in [6.45, 7) is 14.8. The quantitative estimate of drug-likeness (QED) is 0.147. The van der Waals surface area contributed by atoms with Crippen LogP contribution in [0, 0.1) is 0 Å². The number of hydrogen-bond acceptors (Lipinski definition) is 2. The molecule has 2 nitrogen and oxygen atoms in total. The van der Waals surface area contributed by atoms with Gasteiger partial charge in [0.25, 0.3) is 0 Å². The lowest BCUT2D eigenvalue weighted by atomic mass is 9.56. The zero-order valence-electron chi connectivity index (χ0n) is 54.8. The molecule has 0 bridgehead atoms. The van der Waals surface area contributed by atoms with Crippen molar-refractivity contribution in [2.75, 3.05) is 9.80 Å². The molecule has 0 heterocycles. The van der Waals surface area contributed by atoms with Gasteiger partial charge >= 0.3 is 0 Å². The van der Waals surface area contributed by atoms with Gasteiger partial charge in [0.15, 0.2) is 0 Å². The highest BCUT2D eigenvalue weighted by atomic mass is 15.2. The fraction of sp³-hybridized carbons (Fsp3) is 0.106. The Hall–Kier alpha value is -11.3. The topological polar surface area (TPSA) is 6.48 Å². The van der Waals surface area contributed by atoms with Crippen LogP contribution in [0.2, 0.25) is 0 Å². The Morgan fingerprint density at radius 3 is 0.906 bits per heavy atom. The highest BCUT2D eigenvalue weighted by Gasteiger charge is 2.59. The zero-order valence-corrected chi connectivity index (χ0v) is 54.8. The van der Waals surface area contributed by atoms with Crippen LogP contribution < -0.4 is 9.80 Å². The molecule has 0 saturated heterocycles. The van der Waals surface area contributed by atoms with Crippen molar-refractivity contribution in [3.63, 3.8) is 0 Å². The first-order valence-electron chi connectivity index (χ1n) is 34.1. The van der Waals surface area contributed by atoms with Crippen molar-refractivity contribution in [1.29, 1.82) is 0 Å². The minimum atomic E-state index is -0.651. The molecule has 4 aliphatic carbocycles. The van der Waals surface area contributed by atoms with E-state index in [0.717, 1.165) is 34.1 Å². The minimum Gasteiger partial charge on any atom is -0.310 e. The van der Waals surface area contributed by atoms with Crippen LogP contribution in [0.15, 0.2) is 303 Å². The summed E-state index contributed by atoms with van der Waals surface area (Å²) in [7, 11) is 0. The fourth-order valence-electron chi connectivity index (χ4n) is 18.9. The van der Waals surface area contributed by atoms with Crippen LogP contribution in [0.25, 0.3) is 109 Å². The molecule has 2 heteroatoms. The molecular weight excluding hydrogens is 1160 g/mol. The van der Waals surface area contributed by atoms with Crippen molar-refractivity contribution >= 4 is 98.8 Å². The van der Waals surface area contributed by atoms with Gasteiger partial charge in [-0.05, 0) is 204 Å². The van der Waals surface area contributed by atoms with Crippen molar-refractivity contribution in [2.45, 2.75) is 63.2 Å². The van der Waals surface area contributed by atoms with Gasteiger partial charge in [-0.3, -0.25) is 0 Å². The second-order valence-corrected chi connectivity index (χ2v) is 28.9. The number of rotatable bonds is 7. The second kappa shape index (κ2) is 19.6. The molecule has 454 valence electrons. The monoisotopic (exact) mass is 1220 g/mol. The van der Waals surface area contributed by atoms with Gasteiger partial charge in [-0.2, -0.15) is 0 Å². The predicted molar refractivity (Wildman–Crippen MR) is 406 cm³/mol. The molecule has 0 spiro atoms. The van der Waals surface area contributed by atoms with E-state index in [4.69, 9.17) is 0 Å². The number of benzene rings is 16. The van der Waals surface area contributed by atoms with E-state index in [1.807, 2.05) is 0 Å². The maximum absolute atomic E-state index is 2.64. The lowest BCUT2D eigenvalue weighted by Crippen LogP contribution is -2.44. The minimum absolute atomic E-state index is 0.213. The van der Waals surface area contributed by atoms with Crippen molar-refractivity contribution in [3.8, 4) is 44.5 Å². The first-order chi connectivity index (χ1) is 46.9. The van der Waals surface area contributed by atoms with Gasteiger partial charge < -0.3 is 9.80 Å². The van der Waals surface area contributed by atoms with Crippen LogP contribution in [0.1, 0.15) is 86.1 Å². The van der Waals surface area contributed by atoms with E-state index in [-0.39, 0.29) is 10.8 Å². The molecular formula is C94H68N2. The summed E-state index contributed by atoms with van der Waals surface area (Å²) in [4.78, 5) is 5.22. The summed E-state index contributed by atoms with van der Waals surface area (Å²) < 4.78 is 0. The average molecular weight is 1230 g/mol. The summed E-state index contributed by atoms with van der Waals surface area (Å²) in [6, 6.07) is 117. The van der Waals surface area contributed by atoms with Crippen LogP contribution in [0.4, 0.5) is 34.1 Å². The smallest absolute Gasteiger partial charge is 0.0543 e. The Morgan fingerprint density at radius 1 is 0.198 bits per heavy atom. The Balaban J connectivity index is 0.868. The molecule has 0 saturated carbocycles. The molecule has 0 aliphatic heterocycles. The lowest BCUT2D eigenvalue weighted by Gasteiger charge is -2.46. The van der Waals surface area contributed by atoms with Crippen molar-refractivity contribution < 1.29 is 0 Å². The summed E-state index contributed by atoms with van der Waals surface area (Å²) in [5.74, 6) is 0. The number of hydrogen-bond donors (Lipinski definition) is 0. The number of fused-ring (bicyclic) bond motifs is 22. The standard InChI is InChI=1S/C94H68N2/c1-91(2)79-35-19-15-27-67(79)69-49-47-63(53-83(69)91)95(61-45-43-59-41-39-57-23-7-9-25-65(57)77(59)51-61)87-55-85-89(73-31-13-11-29-71(73)87)75-33-17-21-37-81(75)93(85,5)94(6)82-38-22-18-34-76(82)90-74-32-14-12-30-72(74)88(56-86(90)94)96(62-46-44-60-42-40-58-24-8-10-26-66(58)78(60)52-62)64-48-50-70-68-28-16-20-36-80(68)92(3,4)84(70)54-64/h7-56H,1-6H3. The van der Waals surface area contributed by atoms with E-state index in [1.54, 1.807) is 0 Å². The third-order valence-corrected chi connectivity index (χ3v) is 23.7. The van der Waals surface area contributed by atoms with Crippen LogP contribution in [-0.4, -0.2) is 0 Å². The Morgan fingerprint density at radius 2 is 0.490 bits per heavy atom. The lowest BCUT2D eigenvalue weighted by molar-refractivity contribution is 0.376. The van der Waals surface area contributed by atoms with Crippen LogP contribution in [0.3, 0.4) is 0 Å². The molecule has 0 amide bonds. The Kier molecular flexibility index (Phi) is 11.3. The largest absolute Gasteiger partial charge is 0.310 e. The average Bonchev–Trinajstić information content (AvgIpc) is 1.49. The predicted octanol–water partition coefficient (Wildman–Crippen LogP) is 25.4. The third-order valence-electron chi connectivity index (χ3n) is 23.7. The molecule has 2 atom stereocenters. The molecule has 2 unspecified atom stereocenters. The first-order valence-corrected chi connectivity index (χ1v) is 34.1. The molecule has 0 fully saturated rings. The van der Waals surface area contributed by atoms with Gasteiger partial charge in [0.2, 0.25) is 0 Å². The van der Waals surface area contributed by atoms with E-state index in [2.05, 4.69) is 355 Å². The summed E-state index contributed by atoms with van der Waals surface area (Å²) >= 11 is 0. The van der Waals surface area contributed by atoms with Crippen molar-refractivity contribution in [1.82, 2.24) is 0 Å². The molecule has 0 N–H and O–H groups in total. The van der Waals surface area contributed by atoms with Gasteiger partial charge in [0, 0.05) is 55.2 Å². The van der Waals surface area contributed by atoms with Gasteiger partial charge in [-0.25, -0.2) is 0 Å². The molecule has 16 aromatic rings. The number of nitrogens with zero attached hydrogens (tertiary/aromatic N) is 2. The first kappa shape index (κ1) is 55.2. The summed E-state index contributed by atoms with van der Waals surface area (Å²) in [6.07, 6.45) is 0. The van der Waals surface area contributed by atoms with Gasteiger partial charge in [0.1, 0.15) is 0 Å². The molecule has 0 radical (unpaired) electrons. The zero-order chi connectivity index (χ0) is 64.1. The van der Waals surface area contributed by atoms with Gasteiger partial charge in [-0.1, -0.05) is 284 Å².